The van der Waals surface area contributed by atoms with Gasteiger partial charge in [0.2, 0.25) is 0 Å². The SMILES string of the molecule is CCCCCC(N)c1ccc(OCC)c(OCC)c1. The van der Waals surface area contributed by atoms with E-state index in [1.165, 1.54) is 19.3 Å². The Morgan fingerprint density at radius 2 is 1.68 bits per heavy atom. The Bertz CT molecular complexity index is 366. The fraction of sp³-hybridized carbons (Fsp3) is 0.625. The number of nitrogens with two attached hydrogens (primary N) is 1. The van der Waals surface area contributed by atoms with Crippen LogP contribution in [-0.2, 0) is 0 Å². The van der Waals surface area contributed by atoms with Crippen LogP contribution in [0.4, 0.5) is 0 Å². The lowest BCUT2D eigenvalue weighted by atomic mass is 10.0. The summed E-state index contributed by atoms with van der Waals surface area (Å²) in [5, 5.41) is 0. The topological polar surface area (TPSA) is 44.5 Å². The second kappa shape index (κ2) is 8.81. The molecule has 3 heteroatoms. The number of unbranched alkanes of at least 4 members (excludes halogenated alkanes) is 2. The zero-order chi connectivity index (χ0) is 14.1. The van der Waals surface area contributed by atoms with Gasteiger partial charge in [0.15, 0.2) is 11.5 Å². The Hall–Kier alpha value is -1.22. The van der Waals surface area contributed by atoms with E-state index in [0.717, 1.165) is 23.5 Å². The van der Waals surface area contributed by atoms with Crippen molar-refractivity contribution in [3.05, 3.63) is 23.8 Å². The fourth-order valence-corrected chi connectivity index (χ4v) is 2.08. The van der Waals surface area contributed by atoms with Crippen molar-refractivity contribution in [2.45, 2.75) is 52.5 Å². The van der Waals surface area contributed by atoms with Gasteiger partial charge in [0.25, 0.3) is 0 Å². The van der Waals surface area contributed by atoms with Crippen LogP contribution in [0.3, 0.4) is 0 Å². The van der Waals surface area contributed by atoms with Crippen molar-refractivity contribution in [3.8, 4) is 11.5 Å². The molecule has 0 amide bonds. The quantitative estimate of drug-likeness (QED) is 0.685. The molecule has 1 aromatic carbocycles. The zero-order valence-electron chi connectivity index (χ0n) is 12.4. The largest absolute Gasteiger partial charge is 0.490 e. The molecule has 1 unspecified atom stereocenters. The number of benzene rings is 1. The van der Waals surface area contributed by atoms with E-state index in [9.17, 15) is 0 Å². The van der Waals surface area contributed by atoms with Crippen LogP contribution in [0.1, 0.15) is 58.1 Å². The Kier molecular flexibility index (Phi) is 7.34. The molecule has 0 saturated heterocycles. The second-order valence-corrected chi connectivity index (χ2v) is 4.67. The standard InChI is InChI=1S/C16H27NO2/c1-4-7-8-9-14(17)13-10-11-15(18-5-2)16(12-13)19-6-3/h10-12,14H,4-9,17H2,1-3H3. The molecule has 0 bridgehead atoms. The van der Waals surface area contributed by atoms with Crippen molar-refractivity contribution in [1.29, 1.82) is 0 Å². The smallest absolute Gasteiger partial charge is 0.161 e. The molecular weight excluding hydrogens is 238 g/mol. The van der Waals surface area contributed by atoms with E-state index in [2.05, 4.69) is 6.92 Å². The molecule has 0 aromatic heterocycles. The van der Waals surface area contributed by atoms with Gasteiger partial charge in [0.1, 0.15) is 0 Å². The monoisotopic (exact) mass is 265 g/mol. The van der Waals surface area contributed by atoms with Gasteiger partial charge in [-0.3, -0.25) is 0 Å². The van der Waals surface area contributed by atoms with E-state index < -0.39 is 0 Å². The molecule has 0 aliphatic rings. The minimum atomic E-state index is 0.0847. The molecule has 0 heterocycles. The number of ether oxygens (including phenoxy) is 2. The third-order valence-electron chi connectivity index (χ3n) is 3.11. The Morgan fingerprint density at radius 3 is 2.32 bits per heavy atom. The summed E-state index contributed by atoms with van der Waals surface area (Å²) in [6.07, 6.45) is 4.66. The molecule has 19 heavy (non-hydrogen) atoms. The van der Waals surface area contributed by atoms with Crippen LogP contribution in [0.25, 0.3) is 0 Å². The molecule has 0 aliphatic heterocycles. The Balaban J connectivity index is 2.75. The van der Waals surface area contributed by atoms with E-state index >= 15 is 0 Å². The fourth-order valence-electron chi connectivity index (χ4n) is 2.08. The van der Waals surface area contributed by atoms with Crippen molar-refractivity contribution in [1.82, 2.24) is 0 Å². The molecule has 108 valence electrons. The Labute approximate surface area is 117 Å². The van der Waals surface area contributed by atoms with Crippen LogP contribution < -0.4 is 15.2 Å². The van der Waals surface area contributed by atoms with E-state index in [4.69, 9.17) is 15.2 Å². The van der Waals surface area contributed by atoms with Crippen LogP contribution in [0.15, 0.2) is 18.2 Å². The summed E-state index contributed by atoms with van der Waals surface area (Å²) in [6.45, 7) is 7.43. The second-order valence-electron chi connectivity index (χ2n) is 4.67. The van der Waals surface area contributed by atoms with Gasteiger partial charge in [0.05, 0.1) is 13.2 Å². The highest BCUT2D eigenvalue weighted by molar-refractivity contribution is 5.43. The van der Waals surface area contributed by atoms with Crippen LogP contribution in [0.5, 0.6) is 11.5 Å². The normalized spacial score (nSPS) is 12.2. The molecule has 0 spiro atoms. The summed E-state index contributed by atoms with van der Waals surface area (Å²) >= 11 is 0. The van der Waals surface area contributed by atoms with Crippen molar-refractivity contribution in [2.75, 3.05) is 13.2 Å². The van der Waals surface area contributed by atoms with Crippen molar-refractivity contribution in [2.24, 2.45) is 5.73 Å². The van der Waals surface area contributed by atoms with Gasteiger partial charge in [-0.05, 0) is 38.0 Å². The van der Waals surface area contributed by atoms with Gasteiger partial charge in [-0.2, -0.15) is 0 Å². The minimum absolute atomic E-state index is 0.0847. The summed E-state index contributed by atoms with van der Waals surface area (Å²) in [5.41, 5.74) is 7.36. The molecule has 1 rings (SSSR count). The maximum Gasteiger partial charge on any atom is 0.161 e. The van der Waals surface area contributed by atoms with Gasteiger partial charge in [-0.1, -0.05) is 32.3 Å². The summed E-state index contributed by atoms with van der Waals surface area (Å²) < 4.78 is 11.2. The molecule has 3 nitrogen and oxygen atoms in total. The molecule has 0 radical (unpaired) electrons. The van der Waals surface area contributed by atoms with Gasteiger partial charge < -0.3 is 15.2 Å². The zero-order valence-corrected chi connectivity index (χ0v) is 12.4. The molecular formula is C16H27NO2. The summed E-state index contributed by atoms with van der Waals surface area (Å²) in [5.74, 6) is 1.60. The highest BCUT2D eigenvalue weighted by atomic mass is 16.5. The third kappa shape index (κ3) is 5.11. The Morgan fingerprint density at radius 1 is 1.00 bits per heavy atom. The first-order valence-corrected chi connectivity index (χ1v) is 7.38. The van der Waals surface area contributed by atoms with Crippen LogP contribution >= 0.6 is 0 Å². The van der Waals surface area contributed by atoms with Crippen molar-refractivity contribution < 1.29 is 9.47 Å². The first-order chi connectivity index (χ1) is 9.22. The van der Waals surface area contributed by atoms with E-state index in [0.29, 0.717) is 13.2 Å². The lowest BCUT2D eigenvalue weighted by Crippen LogP contribution is -2.10. The van der Waals surface area contributed by atoms with Crippen LogP contribution in [0, 0.1) is 0 Å². The predicted molar refractivity (Wildman–Crippen MR) is 79.9 cm³/mol. The van der Waals surface area contributed by atoms with Crippen LogP contribution in [0.2, 0.25) is 0 Å². The van der Waals surface area contributed by atoms with Gasteiger partial charge in [0, 0.05) is 6.04 Å². The van der Waals surface area contributed by atoms with E-state index in [-0.39, 0.29) is 6.04 Å². The van der Waals surface area contributed by atoms with Gasteiger partial charge in [-0.15, -0.1) is 0 Å². The molecule has 0 saturated carbocycles. The maximum absolute atomic E-state index is 6.23. The number of rotatable bonds is 9. The molecule has 1 aromatic rings. The average molecular weight is 265 g/mol. The van der Waals surface area contributed by atoms with Crippen molar-refractivity contribution >= 4 is 0 Å². The van der Waals surface area contributed by atoms with Crippen molar-refractivity contribution in [3.63, 3.8) is 0 Å². The summed E-state index contributed by atoms with van der Waals surface area (Å²) in [6, 6.07) is 6.11. The highest BCUT2D eigenvalue weighted by Crippen LogP contribution is 2.31. The number of hydrogen-bond acceptors (Lipinski definition) is 3. The van der Waals surface area contributed by atoms with Crippen LogP contribution in [-0.4, -0.2) is 13.2 Å². The minimum Gasteiger partial charge on any atom is -0.490 e. The van der Waals surface area contributed by atoms with E-state index in [1.54, 1.807) is 0 Å². The first kappa shape index (κ1) is 15.8. The average Bonchev–Trinajstić information content (AvgIpc) is 2.41. The van der Waals surface area contributed by atoms with Gasteiger partial charge >= 0.3 is 0 Å². The predicted octanol–water partition coefficient (Wildman–Crippen LogP) is 4.06. The third-order valence-corrected chi connectivity index (χ3v) is 3.11. The van der Waals surface area contributed by atoms with Gasteiger partial charge in [-0.25, -0.2) is 0 Å². The molecule has 2 N–H and O–H groups in total. The number of hydrogen-bond donors (Lipinski definition) is 1. The maximum atomic E-state index is 6.23. The first-order valence-electron chi connectivity index (χ1n) is 7.38. The lowest BCUT2D eigenvalue weighted by Gasteiger charge is -2.16. The summed E-state index contributed by atoms with van der Waals surface area (Å²) in [4.78, 5) is 0. The molecule has 0 fully saturated rings. The molecule has 0 aliphatic carbocycles. The molecule has 1 atom stereocenters. The van der Waals surface area contributed by atoms with E-state index in [1.807, 2.05) is 32.0 Å². The highest BCUT2D eigenvalue weighted by Gasteiger charge is 2.11. The summed E-state index contributed by atoms with van der Waals surface area (Å²) in [7, 11) is 0. The lowest BCUT2D eigenvalue weighted by molar-refractivity contribution is 0.287.